The van der Waals surface area contributed by atoms with E-state index >= 15 is 0 Å². The van der Waals surface area contributed by atoms with E-state index in [1.807, 2.05) is 34.6 Å². The van der Waals surface area contributed by atoms with Crippen LogP contribution in [0, 0.1) is 20.8 Å². The lowest BCUT2D eigenvalue weighted by atomic mass is 9.70. The van der Waals surface area contributed by atoms with E-state index in [2.05, 4.69) is 0 Å². The molecule has 31 heavy (non-hydrogen) atoms. The molecule has 0 spiro atoms. The third kappa shape index (κ3) is 5.30. The Hall–Kier alpha value is -1.90. The lowest BCUT2D eigenvalue weighted by molar-refractivity contribution is -0.160. The molecule has 2 rings (SSSR count). The third-order valence-corrected chi connectivity index (χ3v) is 6.05. The van der Waals surface area contributed by atoms with Crippen molar-refractivity contribution in [1.29, 1.82) is 0 Å². The molecule has 172 valence electrons. The van der Waals surface area contributed by atoms with Crippen LogP contribution >= 0.6 is 0 Å². The Morgan fingerprint density at radius 2 is 1.48 bits per heavy atom. The van der Waals surface area contributed by atoms with Gasteiger partial charge < -0.3 is 23.9 Å². The monoisotopic (exact) mass is 434 g/mol. The second kappa shape index (κ2) is 8.56. The first-order chi connectivity index (χ1) is 14.0. The molecule has 0 unspecified atom stereocenters. The standard InChI is InChI=1S/C23H35BO7/c1-13-16(11-28-12-17(25)29-21(4,5)6)14(2)19(15(3)18(13)20(26)27)24-30-22(7,8)23(9,10)31-24/h11-12H2,1-10H3,(H,26,27). The maximum atomic E-state index is 12.1. The van der Waals surface area contributed by atoms with Gasteiger partial charge in [0.15, 0.2) is 0 Å². The number of rotatable bonds is 6. The van der Waals surface area contributed by atoms with E-state index in [0.717, 1.165) is 5.56 Å². The molecule has 1 aromatic carbocycles. The number of carboxylic acids is 1. The number of carbonyl (C=O) groups is 2. The normalized spacial score (nSPS) is 17.7. The molecule has 0 aromatic heterocycles. The fraction of sp³-hybridized carbons (Fsp3) is 0.652. The third-order valence-electron chi connectivity index (χ3n) is 6.05. The second-order valence-electron chi connectivity index (χ2n) is 10.1. The van der Waals surface area contributed by atoms with Gasteiger partial charge in [0.2, 0.25) is 0 Å². The van der Waals surface area contributed by atoms with Crippen LogP contribution in [0.3, 0.4) is 0 Å². The minimum absolute atomic E-state index is 0.0734. The van der Waals surface area contributed by atoms with Gasteiger partial charge in [-0.25, -0.2) is 9.59 Å². The maximum Gasteiger partial charge on any atom is 0.495 e. The second-order valence-corrected chi connectivity index (χ2v) is 10.1. The Morgan fingerprint density at radius 3 is 1.94 bits per heavy atom. The molecule has 1 aliphatic rings. The predicted octanol–water partition coefficient (Wildman–Crippen LogP) is 3.47. The number of hydrogen-bond donors (Lipinski definition) is 1. The van der Waals surface area contributed by atoms with Crippen molar-refractivity contribution < 1.29 is 33.5 Å². The molecule has 1 saturated heterocycles. The summed E-state index contributed by atoms with van der Waals surface area (Å²) in [5.74, 6) is -1.50. The highest BCUT2D eigenvalue weighted by atomic mass is 16.7. The number of esters is 1. The molecule has 0 bridgehead atoms. The van der Waals surface area contributed by atoms with Gasteiger partial charge in [0.1, 0.15) is 12.2 Å². The van der Waals surface area contributed by atoms with E-state index in [1.54, 1.807) is 34.6 Å². The first kappa shape index (κ1) is 25.4. The summed E-state index contributed by atoms with van der Waals surface area (Å²) < 4.78 is 23.3. The van der Waals surface area contributed by atoms with Crippen molar-refractivity contribution in [2.45, 2.75) is 92.6 Å². The molecule has 0 atom stereocenters. The molecule has 0 saturated carbocycles. The molecular weight excluding hydrogens is 399 g/mol. The van der Waals surface area contributed by atoms with Crippen molar-refractivity contribution in [3.63, 3.8) is 0 Å². The van der Waals surface area contributed by atoms with E-state index in [9.17, 15) is 14.7 Å². The van der Waals surface area contributed by atoms with Crippen LogP contribution in [0.1, 0.15) is 81.1 Å². The first-order valence-electron chi connectivity index (χ1n) is 10.5. The molecule has 1 N–H and O–H groups in total. The number of ether oxygens (including phenoxy) is 2. The fourth-order valence-corrected chi connectivity index (χ4v) is 3.75. The van der Waals surface area contributed by atoms with Crippen LogP contribution in [0.25, 0.3) is 0 Å². The summed E-state index contributed by atoms with van der Waals surface area (Å²) in [6, 6.07) is 0. The van der Waals surface area contributed by atoms with Crippen molar-refractivity contribution in [3.8, 4) is 0 Å². The number of benzene rings is 1. The summed E-state index contributed by atoms with van der Waals surface area (Å²) in [7, 11) is -0.701. The minimum Gasteiger partial charge on any atom is -0.478 e. The van der Waals surface area contributed by atoms with Crippen LogP contribution in [0.4, 0.5) is 0 Å². The number of hydrogen-bond acceptors (Lipinski definition) is 6. The molecule has 0 aliphatic carbocycles. The number of carboxylic acid groups (broad SMARTS) is 1. The van der Waals surface area contributed by atoms with Gasteiger partial charge in [0, 0.05) is 0 Å². The quantitative estimate of drug-likeness (QED) is 0.542. The summed E-state index contributed by atoms with van der Waals surface area (Å²) in [6.45, 7) is 18.5. The zero-order valence-electron chi connectivity index (χ0n) is 20.4. The summed E-state index contributed by atoms with van der Waals surface area (Å²) in [4.78, 5) is 24.1. The summed E-state index contributed by atoms with van der Waals surface area (Å²) in [6.07, 6.45) is 0. The van der Waals surface area contributed by atoms with E-state index in [0.29, 0.717) is 22.2 Å². The number of aromatic carboxylic acids is 1. The van der Waals surface area contributed by atoms with Gasteiger partial charge in [-0.3, -0.25) is 0 Å². The van der Waals surface area contributed by atoms with Crippen molar-refractivity contribution in [2.75, 3.05) is 6.61 Å². The number of carbonyl (C=O) groups excluding carboxylic acids is 1. The molecule has 1 aliphatic heterocycles. The van der Waals surface area contributed by atoms with Crippen LogP contribution in [0.2, 0.25) is 0 Å². The lowest BCUT2D eigenvalue weighted by Crippen LogP contribution is -2.41. The Balaban J connectivity index is 2.42. The predicted molar refractivity (Wildman–Crippen MR) is 119 cm³/mol. The Bertz CT molecular complexity index is 865. The Kier molecular flexibility index (Phi) is 7.01. The van der Waals surface area contributed by atoms with E-state index in [1.165, 1.54) is 0 Å². The van der Waals surface area contributed by atoms with Crippen molar-refractivity contribution in [3.05, 3.63) is 27.8 Å². The molecule has 8 heteroatoms. The van der Waals surface area contributed by atoms with Gasteiger partial charge >= 0.3 is 19.1 Å². The summed E-state index contributed by atoms with van der Waals surface area (Å²) in [5, 5.41) is 9.88. The Morgan fingerprint density at radius 1 is 0.968 bits per heavy atom. The van der Waals surface area contributed by atoms with Crippen LogP contribution in [-0.2, 0) is 30.2 Å². The highest BCUT2D eigenvalue weighted by molar-refractivity contribution is 6.63. The van der Waals surface area contributed by atoms with Crippen molar-refractivity contribution in [1.82, 2.24) is 0 Å². The van der Waals surface area contributed by atoms with Gasteiger partial charge in [0.25, 0.3) is 0 Å². The molecule has 7 nitrogen and oxygen atoms in total. The van der Waals surface area contributed by atoms with Crippen LogP contribution in [-0.4, -0.2) is 47.6 Å². The lowest BCUT2D eigenvalue weighted by Gasteiger charge is -2.32. The first-order valence-corrected chi connectivity index (χ1v) is 10.5. The maximum absolute atomic E-state index is 12.1. The molecule has 1 heterocycles. The molecular formula is C23H35BO7. The van der Waals surface area contributed by atoms with Gasteiger partial charge in [-0.15, -0.1) is 0 Å². The van der Waals surface area contributed by atoms with Crippen LogP contribution in [0.15, 0.2) is 0 Å². The van der Waals surface area contributed by atoms with Crippen molar-refractivity contribution >= 4 is 24.5 Å². The zero-order chi connectivity index (χ0) is 23.9. The SMILES string of the molecule is Cc1c(COCC(=O)OC(C)(C)C)c(C)c(C(=O)O)c(C)c1B1OC(C)(C)C(C)(C)O1. The van der Waals surface area contributed by atoms with Crippen LogP contribution in [0.5, 0.6) is 0 Å². The summed E-state index contributed by atoms with van der Waals surface area (Å²) in [5.41, 5.74) is 1.93. The summed E-state index contributed by atoms with van der Waals surface area (Å²) >= 11 is 0. The fourth-order valence-electron chi connectivity index (χ4n) is 3.75. The van der Waals surface area contributed by atoms with Crippen molar-refractivity contribution in [2.24, 2.45) is 0 Å². The molecule has 0 radical (unpaired) electrons. The minimum atomic E-state index is -1.03. The Labute approximate surface area is 185 Å². The highest BCUT2D eigenvalue weighted by Crippen LogP contribution is 2.37. The average Bonchev–Trinajstić information content (AvgIpc) is 2.76. The largest absolute Gasteiger partial charge is 0.495 e. The van der Waals surface area contributed by atoms with Crippen LogP contribution < -0.4 is 5.46 Å². The molecule has 1 aromatic rings. The topological polar surface area (TPSA) is 91.3 Å². The molecule has 1 fully saturated rings. The van der Waals surface area contributed by atoms with Gasteiger partial charge in [-0.1, -0.05) is 0 Å². The zero-order valence-corrected chi connectivity index (χ0v) is 20.4. The van der Waals surface area contributed by atoms with E-state index in [4.69, 9.17) is 18.8 Å². The van der Waals surface area contributed by atoms with Gasteiger partial charge in [-0.05, 0) is 97.0 Å². The van der Waals surface area contributed by atoms with Gasteiger partial charge in [-0.2, -0.15) is 0 Å². The van der Waals surface area contributed by atoms with E-state index < -0.39 is 35.9 Å². The highest BCUT2D eigenvalue weighted by Gasteiger charge is 2.53. The van der Waals surface area contributed by atoms with E-state index in [-0.39, 0.29) is 18.8 Å². The average molecular weight is 434 g/mol. The molecule has 0 amide bonds. The van der Waals surface area contributed by atoms with Gasteiger partial charge in [0.05, 0.1) is 23.4 Å². The smallest absolute Gasteiger partial charge is 0.478 e.